The fraction of sp³-hybridized carbons (Fsp3) is 0.591. The van der Waals surface area contributed by atoms with Crippen molar-refractivity contribution < 1.29 is 9.53 Å². The minimum atomic E-state index is 0.00732. The minimum Gasteiger partial charge on any atom is -0.378 e. The number of hydrogen-bond acceptors (Lipinski definition) is 3. The molecule has 4 nitrogen and oxygen atoms in total. The zero-order valence-corrected chi connectivity index (χ0v) is 16.1. The number of hydrogen-bond donors (Lipinski definition) is 1. The summed E-state index contributed by atoms with van der Waals surface area (Å²) in [5.74, 6) is 0.777. The summed E-state index contributed by atoms with van der Waals surface area (Å²) >= 11 is 0. The number of nitrogens with zero attached hydrogens (tertiary/aromatic N) is 1. The normalized spacial score (nSPS) is 25.0. The van der Waals surface area contributed by atoms with Crippen molar-refractivity contribution in [3.8, 4) is 0 Å². The molecule has 142 valence electrons. The lowest BCUT2D eigenvalue weighted by molar-refractivity contribution is -0.136. The number of benzene rings is 1. The highest BCUT2D eigenvalue weighted by Gasteiger charge is 2.27. The lowest BCUT2D eigenvalue weighted by Gasteiger charge is -2.33. The van der Waals surface area contributed by atoms with Gasteiger partial charge in [-0.3, -0.25) is 4.79 Å². The Balaban J connectivity index is 1.48. The molecule has 4 heteroatoms. The van der Waals surface area contributed by atoms with Gasteiger partial charge in [-0.25, -0.2) is 0 Å². The molecular weight excluding hydrogens is 324 g/mol. The second kappa shape index (κ2) is 8.83. The Bertz CT molecular complexity index is 627. The van der Waals surface area contributed by atoms with E-state index in [0.717, 1.165) is 38.8 Å². The summed E-state index contributed by atoms with van der Waals surface area (Å²) in [5, 5.41) is 0. The SMILES string of the molecule is Cc1cccc(C)c1C=CC1CCN(C(=O)CC2CC(N)CCO2)CC1. The van der Waals surface area contributed by atoms with Crippen LogP contribution in [0.15, 0.2) is 24.3 Å². The van der Waals surface area contributed by atoms with Crippen LogP contribution in [-0.4, -0.2) is 42.6 Å². The Morgan fingerprint density at radius 3 is 2.58 bits per heavy atom. The van der Waals surface area contributed by atoms with E-state index in [0.29, 0.717) is 18.9 Å². The molecule has 2 aliphatic rings. The molecule has 26 heavy (non-hydrogen) atoms. The zero-order valence-electron chi connectivity index (χ0n) is 16.1. The lowest BCUT2D eigenvalue weighted by atomic mass is 9.93. The summed E-state index contributed by atoms with van der Waals surface area (Å²) in [5.41, 5.74) is 9.96. The molecule has 2 atom stereocenters. The summed E-state index contributed by atoms with van der Waals surface area (Å²) in [6, 6.07) is 6.61. The maximum absolute atomic E-state index is 12.5. The minimum absolute atomic E-state index is 0.00732. The molecule has 2 heterocycles. The fourth-order valence-corrected chi connectivity index (χ4v) is 4.04. The molecule has 0 radical (unpaired) electrons. The monoisotopic (exact) mass is 356 g/mol. The highest BCUT2D eigenvalue weighted by molar-refractivity contribution is 5.76. The Labute approximate surface area is 157 Å². The van der Waals surface area contributed by atoms with Crippen LogP contribution in [0, 0.1) is 19.8 Å². The van der Waals surface area contributed by atoms with Crippen molar-refractivity contribution in [3.63, 3.8) is 0 Å². The van der Waals surface area contributed by atoms with Gasteiger partial charge in [-0.05, 0) is 62.1 Å². The van der Waals surface area contributed by atoms with Crippen LogP contribution in [0.5, 0.6) is 0 Å². The third-order valence-electron chi connectivity index (χ3n) is 5.78. The number of carbonyl (C=O) groups excluding carboxylic acids is 1. The molecule has 0 saturated carbocycles. The van der Waals surface area contributed by atoms with Crippen molar-refractivity contribution in [3.05, 3.63) is 41.0 Å². The molecule has 2 fully saturated rings. The van der Waals surface area contributed by atoms with Crippen LogP contribution >= 0.6 is 0 Å². The number of nitrogens with two attached hydrogens (primary N) is 1. The maximum Gasteiger partial charge on any atom is 0.225 e. The first-order valence-corrected chi connectivity index (χ1v) is 9.92. The molecular formula is C22H32N2O2. The number of amides is 1. The van der Waals surface area contributed by atoms with Crippen molar-refractivity contribution >= 4 is 12.0 Å². The second-order valence-corrected chi connectivity index (χ2v) is 7.86. The van der Waals surface area contributed by atoms with Gasteiger partial charge in [0.25, 0.3) is 0 Å². The average Bonchev–Trinajstić information content (AvgIpc) is 2.62. The van der Waals surface area contributed by atoms with Crippen LogP contribution in [0.3, 0.4) is 0 Å². The van der Waals surface area contributed by atoms with Gasteiger partial charge in [0.2, 0.25) is 5.91 Å². The molecule has 2 unspecified atom stereocenters. The van der Waals surface area contributed by atoms with Crippen LogP contribution < -0.4 is 5.73 Å². The number of allylic oxidation sites excluding steroid dienone is 1. The highest BCUT2D eigenvalue weighted by atomic mass is 16.5. The van der Waals surface area contributed by atoms with E-state index in [1.165, 1.54) is 16.7 Å². The van der Waals surface area contributed by atoms with E-state index in [1.807, 2.05) is 4.90 Å². The standard InChI is InChI=1S/C22H32N2O2/c1-16-4-3-5-17(2)21(16)7-6-18-8-11-24(12-9-18)22(25)15-20-14-19(23)10-13-26-20/h3-7,18-20H,8-15,23H2,1-2H3. The molecule has 2 saturated heterocycles. The Hall–Kier alpha value is -1.65. The summed E-state index contributed by atoms with van der Waals surface area (Å²) in [6.07, 6.45) is 8.88. The number of carbonyl (C=O) groups is 1. The topological polar surface area (TPSA) is 55.6 Å². The van der Waals surface area contributed by atoms with E-state index < -0.39 is 0 Å². The van der Waals surface area contributed by atoms with Crippen LogP contribution in [0.25, 0.3) is 6.08 Å². The maximum atomic E-state index is 12.5. The van der Waals surface area contributed by atoms with Crippen molar-refractivity contribution in [2.24, 2.45) is 11.7 Å². The Morgan fingerprint density at radius 1 is 1.23 bits per heavy atom. The van der Waals surface area contributed by atoms with Gasteiger partial charge in [0, 0.05) is 25.7 Å². The summed E-state index contributed by atoms with van der Waals surface area (Å²) in [6.45, 7) is 6.70. The first-order chi connectivity index (χ1) is 12.5. The number of rotatable bonds is 4. The third kappa shape index (κ3) is 4.95. The third-order valence-corrected chi connectivity index (χ3v) is 5.78. The fourth-order valence-electron chi connectivity index (χ4n) is 4.04. The quantitative estimate of drug-likeness (QED) is 0.899. The second-order valence-electron chi connectivity index (χ2n) is 7.86. The largest absolute Gasteiger partial charge is 0.378 e. The molecule has 0 aromatic heterocycles. The van der Waals surface area contributed by atoms with Gasteiger partial charge in [-0.2, -0.15) is 0 Å². The predicted octanol–water partition coefficient (Wildman–Crippen LogP) is 3.45. The van der Waals surface area contributed by atoms with Crippen LogP contribution in [0.1, 0.15) is 48.8 Å². The molecule has 0 aliphatic carbocycles. The first-order valence-electron chi connectivity index (χ1n) is 9.92. The number of aryl methyl sites for hydroxylation is 2. The Morgan fingerprint density at radius 2 is 1.92 bits per heavy atom. The molecule has 0 bridgehead atoms. The molecule has 2 N–H and O–H groups in total. The number of piperidine rings is 1. The van der Waals surface area contributed by atoms with E-state index in [2.05, 4.69) is 44.2 Å². The highest BCUT2D eigenvalue weighted by Crippen LogP contribution is 2.23. The molecule has 2 aliphatic heterocycles. The van der Waals surface area contributed by atoms with Gasteiger partial charge < -0.3 is 15.4 Å². The summed E-state index contributed by atoms with van der Waals surface area (Å²) in [7, 11) is 0. The lowest BCUT2D eigenvalue weighted by Crippen LogP contribution is -2.42. The first kappa shape index (κ1) is 19.1. The van der Waals surface area contributed by atoms with Crippen LogP contribution in [0.4, 0.5) is 0 Å². The van der Waals surface area contributed by atoms with Gasteiger partial charge in [0.1, 0.15) is 0 Å². The molecule has 1 amide bonds. The summed E-state index contributed by atoms with van der Waals surface area (Å²) in [4.78, 5) is 14.5. The van der Waals surface area contributed by atoms with E-state index in [9.17, 15) is 4.79 Å². The van der Waals surface area contributed by atoms with Gasteiger partial charge in [-0.1, -0.05) is 30.4 Å². The zero-order chi connectivity index (χ0) is 18.5. The number of likely N-dealkylation sites (tertiary alicyclic amines) is 1. The summed E-state index contributed by atoms with van der Waals surface area (Å²) < 4.78 is 5.70. The molecule has 1 aromatic carbocycles. The Kier molecular flexibility index (Phi) is 6.49. The van der Waals surface area contributed by atoms with Gasteiger partial charge in [0.05, 0.1) is 12.5 Å². The van der Waals surface area contributed by atoms with Gasteiger partial charge in [0.15, 0.2) is 0 Å². The van der Waals surface area contributed by atoms with Gasteiger partial charge >= 0.3 is 0 Å². The van der Waals surface area contributed by atoms with Crippen LogP contribution in [-0.2, 0) is 9.53 Å². The smallest absolute Gasteiger partial charge is 0.225 e. The van der Waals surface area contributed by atoms with E-state index in [-0.39, 0.29) is 18.1 Å². The van der Waals surface area contributed by atoms with Gasteiger partial charge in [-0.15, -0.1) is 0 Å². The van der Waals surface area contributed by atoms with Crippen molar-refractivity contribution in [2.75, 3.05) is 19.7 Å². The average molecular weight is 357 g/mol. The van der Waals surface area contributed by atoms with Crippen molar-refractivity contribution in [1.29, 1.82) is 0 Å². The van der Waals surface area contributed by atoms with E-state index in [1.54, 1.807) is 0 Å². The van der Waals surface area contributed by atoms with Crippen molar-refractivity contribution in [2.45, 2.75) is 58.1 Å². The van der Waals surface area contributed by atoms with Crippen molar-refractivity contribution in [1.82, 2.24) is 4.90 Å². The predicted molar refractivity (Wildman–Crippen MR) is 106 cm³/mol. The van der Waals surface area contributed by atoms with E-state index >= 15 is 0 Å². The van der Waals surface area contributed by atoms with Crippen LogP contribution in [0.2, 0.25) is 0 Å². The molecule has 0 spiro atoms. The molecule has 1 aromatic rings. The molecule has 3 rings (SSSR count). The van der Waals surface area contributed by atoms with E-state index in [4.69, 9.17) is 10.5 Å². The number of ether oxygens (including phenoxy) is 1.